The highest BCUT2D eigenvalue weighted by Crippen LogP contribution is 2.44. The summed E-state index contributed by atoms with van der Waals surface area (Å²) in [4.78, 5) is 16.2. The average Bonchev–Trinajstić information content (AvgIpc) is 3.29. The molecule has 0 unspecified atom stereocenters. The summed E-state index contributed by atoms with van der Waals surface area (Å²) in [6.45, 7) is 0. The molecule has 0 spiro atoms. The van der Waals surface area contributed by atoms with Crippen molar-refractivity contribution in [3.63, 3.8) is 0 Å². The van der Waals surface area contributed by atoms with E-state index in [0.29, 0.717) is 17.6 Å². The summed E-state index contributed by atoms with van der Waals surface area (Å²) in [6.07, 6.45) is 0. The number of hydrogen-bond acceptors (Lipinski definition) is 6. The zero-order chi connectivity index (χ0) is 54.3. The number of nitrogens with zero attached hydrogens (tertiary/aromatic N) is 5. The molecular formula is C75H43N5O2S. The van der Waals surface area contributed by atoms with Crippen LogP contribution in [0.2, 0.25) is 0 Å². The topological polar surface area (TPSA) is 74.8 Å². The summed E-state index contributed by atoms with van der Waals surface area (Å²) in [5, 5.41) is 11.2. The van der Waals surface area contributed by atoms with Crippen molar-refractivity contribution in [1.82, 2.24) is 24.1 Å². The predicted molar refractivity (Wildman–Crippen MR) is 343 cm³/mol. The highest BCUT2D eigenvalue weighted by atomic mass is 32.1. The Kier molecular flexibility index (Phi) is 9.83. The van der Waals surface area contributed by atoms with E-state index in [2.05, 4.69) is 240 Å². The number of para-hydroxylation sites is 4. The van der Waals surface area contributed by atoms with Gasteiger partial charge in [-0.1, -0.05) is 152 Å². The van der Waals surface area contributed by atoms with Crippen LogP contribution in [0.25, 0.3) is 175 Å². The average molecular weight is 1080 g/mol. The van der Waals surface area contributed by atoms with Crippen molar-refractivity contribution in [2.75, 3.05) is 0 Å². The van der Waals surface area contributed by atoms with E-state index >= 15 is 0 Å². The van der Waals surface area contributed by atoms with Gasteiger partial charge in [0, 0.05) is 80.1 Å². The third-order valence-corrected chi connectivity index (χ3v) is 18.0. The lowest BCUT2D eigenvalue weighted by molar-refractivity contribution is 0.668. The van der Waals surface area contributed by atoms with Crippen LogP contribution < -0.4 is 0 Å². The number of benzene rings is 12. The van der Waals surface area contributed by atoms with E-state index in [1.165, 1.54) is 53.1 Å². The Labute approximate surface area is 477 Å². The van der Waals surface area contributed by atoms with Gasteiger partial charge in [0.25, 0.3) is 0 Å². The lowest BCUT2D eigenvalue weighted by Crippen LogP contribution is -2.06. The fraction of sp³-hybridized carbons (Fsp3) is 0. The molecule has 0 amide bonds. The zero-order valence-electron chi connectivity index (χ0n) is 44.3. The molecule has 7 nitrogen and oxygen atoms in total. The Morgan fingerprint density at radius 3 is 1.49 bits per heavy atom. The van der Waals surface area contributed by atoms with E-state index in [1.54, 1.807) is 0 Å². The molecule has 18 rings (SSSR count). The van der Waals surface area contributed by atoms with E-state index in [9.17, 15) is 0 Å². The third-order valence-electron chi connectivity index (χ3n) is 16.8. The molecule has 0 fully saturated rings. The van der Waals surface area contributed by atoms with Gasteiger partial charge in [-0.15, -0.1) is 11.3 Å². The van der Waals surface area contributed by atoms with Gasteiger partial charge in [0.1, 0.15) is 22.3 Å². The molecule has 18 aromatic rings. The van der Waals surface area contributed by atoms with Crippen molar-refractivity contribution in [2.24, 2.45) is 0 Å². The van der Waals surface area contributed by atoms with Crippen molar-refractivity contribution in [3.05, 3.63) is 261 Å². The van der Waals surface area contributed by atoms with Crippen molar-refractivity contribution in [3.8, 4) is 67.8 Å². The number of rotatable bonds is 7. The van der Waals surface area contributed by atoms with Crippen molar-refractivity contribution in [1.29, 1.82) is 0 Å². The first-order valence-corrected chi connectivity index (χ1v) is 28.7. The van der Waals surface area contributed by atoms with Gasteiger partial charge in [-0.05, 0) is 143 Å². The van der Waals surface area contributed by atoms with Gasteiger partial charge in [-0.2, -0.15) is 9.97 Å². The van der Waals surface area contributed by atoms with Crippen molar-refractivity contribution < 1.29 is 8.83 Å². The van der Waals surface area contributed by atoms with E-state index in [1.807, 2.05) is 41.7 Å². The Morgan fingerprint density at radius 2 is 0.771 bits per heavy atom. The second-order valence-electron chi connectivity index (χ2n) is 21.5. The maximum Gasteiger partial charge on any atom is 0.238 e. The second kappa shape index (κ2) is 17.8. The lowest BCUT2D eigenvalue weighted by Gasteiger charge is -2.12. The largest absolute Gasteiger partial charge is 0.456 e. The number of aromatic nitrogens is 5. The molecule has 0 saturated heterocycles. The zero-order valence-corrected chi connectivity index (χ0v) is 45.1. The first-order valence-electron chi connectivity index (χ1n) is 27.9. The van der Waals surface area contributed by atoms with Crippen LogP contribution in [0.5, 0.6) is 0 Å². The molecule has 386 valence electrons. The molecule has 0 atom stereocenters. The summed E-state index contributed by atoms with van der Waals surface area (Å²) in [6, 6.07) is 92.9. The molecule has 0 aliphatic rings. The molecule has 6 aromatic heterocycles. The van der Waals surface area contributed by atoms with Crippen LogP contribution in [0.3, 0.4) is 0 Å². The molecule has 0 N–H and O–H groups in total. The monoisotopic (exact) mass is 1080 g/mol. The Hall–Kier alpha value is -10.9. The van der Waals surface area contributed by atoms with E-state index in [-0.39, 0.29) is 0 Å². The number of hydrogen-bond donors (Lipinski definition) is 0. The first-order chi connectivity index (χ1) is 41.1. The van der Waals surface area contributed by atoms with Gasteiger partial charge in [-0.3, -0.25) is 4.57 Å². The highest BCUT2D eigenvalue weighted by molar-refractivity contribution is 7.25. The number of thiophene rings is 1. The van der Waals surface area contributed by atoms with Crippen LogP contribution in [0.4, 0.5) is 0 Å². The summed E-state index contributed by atoms with van der Waals surface area (Å²) < 4.78 is 20.2. The molecule has 0 bridgehead atoms. The van der Waals surface area contributed by atoms with E-state index < -0.39 is 0 Å². The number of fused-ring (bicyclic) bond motifs is 15. The molecule has 6 heterocycles. The van der Waals surface area contributed by atoms with Crippen molar-refractivity contribution >= 4 is 119 Å². The van der Waals surface area contributed by atoms with Crippen LogP contribution in [0.15, 0.2) is 270 Å². The molecule has 83 heavy (non-hydrogen) atoms. The van der Waals surface area contributed by atoms with Gasteiger partial charge in [0.15, 0.2) is 11.6 Å². The number of furan rings is 2. The molecule has 0 aliphatic carbocycles. The third kappa shape index (κ3) is 7.13. The second-order valence-corrected chi connectivity index (χ2v) is 22.6. The summed E-state index contributed by atoms with van der Waals surface area (Å²) >= 11 is 1.84. The minimum absolute atomic E-state index is 0.509. The normalized spacial score (nSPS) is 12.1. The van der Waals surface area contributed by atoms with Crippen molar-refractivity contribution in [2.45, 2.75) is 0 Å². The molecule has 8 heteroatoms. The van der Waals surface area contributed by atoms with Gasteiger partial charge < -0.3 is 13.4 Å². The highest BCUT2D eigenvalue weighted by Gasteiger charge is 2.23. The van der Waals surface area contributed by atoms with Crippen LogP contribution in [-0.2, 0) is 0 Å². The summed E-state index contributed by atoms with van der Waals surface area (Å²) in [7, 11) is 0. The molecule has 0 aliphatic heterocycles. The lowest BCUT2D eigenvalue weighted by atomic mass is 9.98. The maximum absolute atomic E-state index is 6.72. The van der Waals surface area contributed by atoms with Gasteiger partial charge >= 0.3 is 0 Å². The Morgan fingerprint density at radius 1 is 0.277 bits per heavy atom. The fourth-order valence-electron chi connectivity index (χ4n) is 12.9. The fourth-order valence-corrected chi connectivity index (χ4v) is 14.0. The smallest absolute Gasteiger partial charge is 0.238 e. The Bertz CT molecular complexity index is 5710. The van der Waals surface area contributed by atoms with Crippen LogP contribution in [0.1, 0.15) is 0 Å². The molecule has 0 radical (unpaired) electrons. The van der Waals surface area contributed by atoms with Gasteiger partial charge in [-0.25, -0.2) is 4.98 Å². The van der Waals surface area contributed by atoms with Crippen LogP contribution in [-0.4, -0.2) is 24.1 Å². The van der Waals surface area contributed by atoms with Gasteiger partial charge in [0.05, 0.1) is 22.1 Å². The molecular weight excluding hydrogens is 1030 g/mol. The minimum atomic E-state index is 0.509. The molecule has 0 saturated carbocycles. The molecule has 12 aromatic carbocycles. The van der Waals surface area contributed by atoms with Crippen LogP contribution in [0, 0.1) is 0 Å². The maximum atomic E-state index is 6.72. The SMILES string of the molecule is c1ccc(-c2ccc3c(c2)c2ccccc2n3-c2nc(-c3ccc4c(c3)oc3ccccc34)nc(-c3cccc4oc5ccc(-c6ccc7sc8ccc(-c9ccc%10c(c9)c9ccccc9n%10-c9ccccc9)cc8c7c6)cc5c34)n2)cc1. The van der Waals surface area contributed by atoms with E-state index in [4.69, 9.17) is 23.8 Å². The quantitative estimate of drug-likeness (QED) is 0.159. The van der Waals surface area contributed by atoms with E-state index in [0.717, 1.165) is 105 Å². The van der Waals surface area contributed by atoms with Gasteiger partial charge in [0.2, 0.25) is 5.95 Å². The predicted octanol–water partition coefficient (Wildman–Crippen LogP) is 20.6. The standard InChI is InChI=1S/C75H43N5O2S/c1-3-14-44(15-4-1)45-27-34-65-58(38-45)53-19-8-11-23-63(53)80(65)75-77-73(50-26-32-55-54-20-9-12-24-66(54)82-69(55)43-50)76-74(78-75)56-21-13-25-68-72(56)61-42-47(29-35-67(61)81-68)49-31-37-71-60(41-49)59-40-48(30-36-70(59)83-71)46-28-33-64-57(39-46)52-18-7-10-22-62(52)79(64)51-16-5-2-6-17-51/h1-43H. The van der Waals surface area contributed by atoms with Crippen LogP contribution >= 0.6 is 11.3 Å². The minimum Gasteiger partial charge on any atom is -0.456 e. The first kappa shape index (κ1) is 45.9. The summed E-state index contributed by atoms with van der Waals surface area (Å²) in [5.74, 6) is 1.57. The summed E-state index contributed by atoms with van der Waals surface area (Å²) in [5.41, 5.74) is 17.2. The Balaban J connectivity index is 0.784.